The Bertz CT molecular complexity index is 827. The first-order valence-corrected chi connectivity index (χ1v) is 14.1. The molecule has 33 heavy (non-hydrogen) atoms. The molecule has 2 aliphatic rings. The number of hydrogen-bond donors (Lipinski definition) is 0. The van der Waals surface area contributed by atoms with E-state index in [0.29, 0.717) is 0 Å². The number of unbranched alkanes of at least 4 members (excludes halogenated alkanes) is 4. The molecular weight excluding hydrogens is 396 g/mol. The van der Waals surface area contributed by atoms with Gasteiger partial charge in [-0.15, -0.1) is 6.58 Å². The minimum absolute atomic E-state index is 0.784. The normalized spacial score (nSPS) is 24.9. The van der Waals surface area contributed by atoms with E-state index in [9.17, 15) is 0 Å². The maximum absolute atomic E-state index is 3.83. The Kier molecular flexibility index (Phi) is 9.27. The third kappa shape index (κ3) is 6.84. The largest absolute Gasteiger partial charge is 0.103 e. The van der Waals surface area contributed by atoms with Crippen molar-refractivity contribution in [3.05, 3.63) is 72.3 Å². The second-order valence-electron chi connectivity index (χ2n) is 11.1. The summed E-state index contributed by atoms with van der Waals surface area (Å²) in [5, 5.41) is 0. The molecule has 0 nitrogen and oxygen atoms in total. The van der Waals surface area contributed by atoms with E-state index < -0.39 is 0 Å². The molecule has 2 aromatic carbocycles. The first kappa shape index (κ1) is 24.3. The van der Waals surface area contributed by atoms with Crippen LogP contribution in [0.3, 0.4) is 0 Å². The lowest BCUT2D eigenvalue weighted by Gasteiger charge is -2.42. The molecule has 0 radical (unpaired) electrons. The minimum Gasteiger partial charge on any atom is -0.103 e. The summed E-state index contributed by atoms with van der Waals surface area (Å²) in [5.41, 5.74) is 5.67. The summed E-state index contributed by atoms with van der Waals surface area (Å²) in [5.74, 6) is 3.83. The first-order chi connectivity index (χ1) is 16.3. The third-order valence-electron chi connectivity index (χ3n) is 8.74. The topological polar surface area (TPSA) is 0 Å². The number of aryl methyl sites for hydroxylation is 1. The molecule has 0 spiro atoms. The van der Waals surface area contributed by atoms with Crippen LogP contribution in [-0.4, -0.2) is 0 Å². The minimum atomic E-state index is 0.784. The molecule has 0 heteroatoms. The van der Waals surface area contributed by atoms with Crippen LogP contribution in [0.15, 0.2) is 61.2 Å². The molecule has 0 aliphatic heterocycles. The number of benzene rings is 2. The smallest absolute Gasteiger partial charge is 0.0159 e. The third-order valence-corrected chi connectivity index (χ3v) is 8.74. The van der Waals surface area contributed by atoms with Gasteiger partial charge in [0, 0.05) is 0 Å². The monoisotopic (exact) mass is 442 g/mol. The fourth-order valence-electron chi connectivity index (χ4n) is 6.67. The van der Waals surface area contributed by atoms with Crippen molar-refractivity contribution in [2.75, 3.05) is 0 Å². The number of hydrogen-bond acceptors (Lipinski definition) is 0. The van der Waals surface area contributed by atoms with Crippen LogP contribution in [0.4, 0.5) is 0 Å². The molecule has 2 aromatic rings. The summed E-state index contributed by atoms with van der Waals surface area (Å²) < 4.78 is 0. The molecule has 0 bridgehead atoms. The quantitative estimate of drug-likeness (QED) is 0.240. The zero-order valence-corrected chi connectivity index (χ0v) is 21.1. The number of allylic oxidation sites excluding steroid dienone is 1. The van der Waals surface area contributed by atoms with Crippen LogP contribution in [0.1, 0.15) is 107 Å². The van der Waals surface area contributed by atoms with Gasteiger partial charge in [-0.2, -0.15) is 0 Å². The molecule has 0 saturated heterocycles. The average Bonchev–Trinajstić information content (AvgIpc) is 2.87. The van der Waals surface area contributed by atoms with Crippen LogP contribution in [0.5, 0.6) is 0 Å². The van der Waals surface area contributed by atoms with Gasteiger partial charge in [-0.25, -0.2) is 0 Å². The molecule has 4 rings (SSSR count). The highest BCUT2D eigenvalue weighted by molar-refractivity contribution is 5.64. The Hall–Kier alpha value is -1.82. The van der Waals surface area contributed by atoms with Gasteiger partial charge in [0.2, 0.25) is 0 Å². The van der Waals surface area contributed by atoms with E-state index in [1.54, 1.807) is 5.56 Å². The zero-order chi connectivity index (χ0) is 22.9. The summed E-state index contributed by atoms with van der Waals surface area (Å²) in [6, 6.07) is 18.7. The van der Waals surface area contributed by atoms with Gasteiger partial charge in [-0.1, -0.05) is 106 Å². The van der Waals surface area contributed by atoms with Gasteiger partial charge in [0.25, 0.3) is 0 Å². The fraction of sp³-hybridized carbons (Fsp3) is 0.576. The molecule has 0 amide bonds. The van der Waals surface area contributed by atoms with Crippen LogP contribution in [0.25, 0.3) is 11.1 Å². The van der Waals surface area contributed by atoms with Gasteiger partial charge in [0.15, 0.2) is 0 Å². The van der Waals surface area contributed by atoms with Crippen molar-refractivity contribution in [2.45, 2.75) is 103 Å². The van der Waals surface area contributed by atoms with E-state index in [-0.39, 0.29) is 0 Å². The van der Waals surface area contributed by atoms with Crippen LogP contribution in [0.2, 0.25) is 0 Å². The van der Waals surface area contributed by atoms with Crippen LogP contribution in [0, 0.1) is 17.8 Å². The Morgan fingerprint density at radius 2 is 1.42 bits per heavy atom. The fourth-order valence-corrected chi connectivity index (χ4v) is 6.67. The maximum atomic E-state index is 3.83. The van der Waals surface area contributed by atoms with E-state index in [1.165, 1.54) is 93.7 Å². The predicted molar refractivity (Wildman–Crippen MR) is 145 cm³/mol. The van der Waals surface area contributed by atoms with Crippen molar-refractivity contribution in [2.24, 2.45) is 17.8 Å². The molecule has 178 valence electrons. The van der Waals surface area contributed by atoms with E-state index in [4.69, 9.17) is 0 Å². The molecule has 0 N–H and O–H groups in total. The van der Waals surface area contributed by atoms with Crippen LogP contribution >= 0.6 is 0 Å². The number of fused-ring (bicyclic) bond motifs is 1. The van der Waals surface area contributed by atoms with Gasteiger partial charge in [0.1, 0.15) is 0 Å². The Morgan fingerprint density at radius 1 is 0.758 bits per heavy atom. The summed E-state index contributed by atoms with van der Waals surface area (Å²) >= 11 is 0. The SMILES string of the molecule is C=CCCc1ccc(-c2ccc([C@@H]3CC[C@@H]4CC(CCCCCCC)CC[C@@H]4C3)cc2)cc1. The second kappa shape index (κ2) is 12.6. The first-order valence-electron chi connectivity index (χ1n) is 14.1. The molecule has 2 saturated carbocycles. The summed E-state index contributed by atoms with van der Waals surface area (Å²) in [4.78, 5) is 0. The molecule has 2 aliphatic carbocycles. The maximum Gasteiger partial charge on any atom is -0.0159 e. The van der Waals surface area contributed by atoms with Crippen molar-refractivity contribution in [1.29, 1.82) is 0 Å². The Labute approximate surface area is 203 Å². The highest BCUT2D eigenvalue weighted by Gasteiger charge is 2.35. The van der Waals surface area contributed by atoms with Crippen LogP contribution < -0.4 is 0 Å². The molecule has 4 atom stereocenters. The van der Waals surface area contributed by atoms with E-state index in [1.807, 2.05) is 6.08 Å². The lowest BCUT2D eigenvalue weighted by atomic mass is 9.63. The molecule has 0 aromatic heterocycles. The van der Waals surface area contributed by atoms with Gasteiger partial charge < -0.3 is 0 Å². The molecule has 2 fully saturated rings. The highest BCUT2D eigenvalue weighted by atomic mass is 14.4. The standard InChI is InChI=1S/C33H46/c1-3-5-7-8-9-11-27-14-17-33-25-32(23-22-31(33)24-27)30-20-18-29(19-21-30)28-15-12-26(13-16-28)10-6-4-2/h4,12-13,15-16,18-21,27,31-33H,2-3,5-11,14,17,22-25H2,1H3/t27?,31-,32-,33-/m1/s1. The van der Waals surface area contributed by atoms with Crippen molar-refractivity contribution in [1.82, 2.24) is 0 Å². The summed E-state index contributed by atoms with van der Waals surface area (Å²) in [6.45, 7) is 6.15. The predicted octanol–water partition coefficient (Wildman–Crippen LogP) is 10.1. The van der Waals surface area contributed by atoms with Crippen molar-refractivity contribution >= 4 is 0 Å². The lowest BCUT2D eigenvalue weighted by molar-refractivity contribution is 0.113. The number of rotatable bonds is 11. The Morgan fingerprint density at radius 3 is 2.15 bits per heavy atom. The van der Waals surface area contributed by atoms with Crippen LogP contribution in [-0.2, 0) is 6.42 Å². The van der Waals surface area contributed by atoms with Crippen molar-refractivity contribution in [3.8, 4) is 11.1 Å². The summed E-state index contributed by atoms with van der Waals surface area (Å²) in [6.07, 6.45) is 21.7. The zero-order valence-electron chi connectivity index (χ0n) is 21.1. The van der Waals surface area contributed by atoms with Gasteiger partial charge in [-0.05, 0) is 90.9 Å². The molecular formula is C33H46. The second-order valence-corrected chi connectivity index (χ2v) is 11.1. The Balaban J connectivity index is 1.26. The van der Waals surface area contributed by atoms with Gasteiger partial charge >= 0.3 is 0 Å². The average molecular weight is 443 g/mol. The molecule has 0 heterocycles. The van der Waals surface area contributed by atoms with E-state index in [2.05, 4.69) is 62.0 Å². The van der Waals surface area contributed by atoms with Crippen molar-refractivity contribution < 1.29 is 0 Å². The molecule has 1 unspecified atom stereocenters. The lowest BCUT2D eigenvalue weighted by Crippen LogP contribution is -2.30. The van der Waals surface area contributed by atoms with Crippen molar-refractivity contribution in [3.63, 3.8) is 0 Å². The summed E-state index contributed by atoms with van der Waals surface area (Å²) in [7, 11) is 0. The van der Waals surface area contributed by atoms with E-state index >= 15 is 0 Å². The highest BCUT2D eigenvalue weighted by Crippen LogP contribution is 2.48. The van der Waals surface area contributed by atoms with E-state index in [0.717, 1.165) is 36.5 Å². The van der Waals surface area contributed by atoms with Gasteiger partial charge in [0.05, 0.1) is 0 Å². The van der Waals surface area contributed by atoms with Gasteiger partial charge in [-0.3, -0.25) is 0 Å².